The zero-order valence-corrected chi connectivity index (χ0v) is 11.8. The molecule has 1 unspecified atom stereocenters. The minimum Gasteiger partial charge on any atom is -0.480 e. The number of carboxylic acid groups (broad SMARTS) is 1. The molecule has 5 heteroatoms. The van der Waals surface area contributed by atoms with Gasteiger partial charge in [0.25, 0.3) is 0 Å². The first kappa shape index (κ1) is 13.5. The third-order valence-electron chi connectivity index (χ3n) is 3.30. The SMILES string of the molecule is O=C(O)C1CCCCCN1Cc1cncc(Br)c1. The second kappa shape index (κ2) is 6.29. The maximum Gasteiger partial charge on any atom is 0.320 e. The lowest BCUT2D eigenvalue weighted by atomic mass is 10.1. The first-order valence-corrected chi connectivity index (χ1v) is 7.02. The number of halogens is 1. The van der Waals surface area contributed by atoms with E-state index in [1.54, 1.807) is 12.4 Å². The van der Waals surface area contributed by atoms with E-state index in [9.17, 15) is 9.90 Å². The molecule has 0 aliphatic carbocycles. The first-order valence-electron chi connectivity index (χ1n) is 6.23. The molecule has 0 amide bonds. The van der Waals surface area contributed by atoms with Gasteiger partial charge < -0.3 is 5.11 Å². The van der Waals surface area contributed by atoms with Gasteiger partial charge in [-0.2, -0.15) is 0 Å². The number of carbonyl (C=O) groups is 1. The fourth-order valence-corrected chi connectivity index (χ4v) is 2.83. The molecule has 0 saturated carbocycles. The van der Waals surface area contributed by atoms with E-state index in [1.807, 2.05) is 6.07 Å². The molecule has 0 spiro atoms. The van der Waals surface area contributed by atoms with E-state index >= 15 is 0 Å². The molecule has 1 aromatic heterocycles. The van der Waals surface area contributed by atoms with Gasteiger partial charge in [-0.25, -0.2) is 0 Å². The summed E-state index contributed by atoms with van der Waals surface area (Å²) in [5.41, 5.74) is 1.05. The third kappa shape index (κ3) is 3.53. The zero-order valence-electron chi connectivity index (χ0n) is 10.2. The van der Waals surface area contributed by atoms with Crippen LogP contribution >= 0.6 is 15.9 Å². The van der Waals surface area contributed by atoms with Crippen LogP contribution in [0.15, 0.2) is 22.9 Å². The lowest BCUT2D eigenvalue weighted by molar-refractivity contribution is -0.143. The average Bonchev–Trinajstić information content (AvgIpc) is 2.54. The summed E-state index contributed by atoms with van der Waals surface area (Å²) in [6, 6.07) is 1.64. The highest BCUT2D eigenvalue weighted by Crippen LogP contribution is 2.20. The van der Waals surface area contributed by atoms with Crippen molar-refractivity contribution < 1.29 is 9.90 Å². The minimum absolute atomic E-state index is 0.355. The normalized spacial score (nSPS) is 21.5. The topological polar surface area (TPSA) is 53.4 Å². The molecule has 98 valence electrons. The van der Waals surface area contributed by atoms with E-state index in [-0.39, 0.29) is 6.04 Å². The highest BCUT2D eigenvalue weighted by molar-refractivity contribution is 9.10. The van der Waals surface area contributed by atoms with Crippen LogP contribution in [0.25, 0.3) is 0 Å². The van der Waals surface area contributed by atoms with E-state index in [0.29, 0.717) is 6.54 Å². The molecule has 0 bridgehead atoms. The van der Waals surface area contributed by atoms with Crippen molar-refractivity contribution in [1.29, 1.82) is 0 Å². The zero-order chi connectivity index (χ0) is 13.0. The van der Waals surface area contributed by atoms with Gasteiger partial charge in [-0.3, -0.25) is 14.7 Å². The number of pyridine rings is 1. The summed E-state index contributed by atoms with van der Waals surface area (Å²) in [5.74, 6) is -0.708. The summed E-state index contributed by atoms with van der Waals surface area (Å²) < 4.78 is 0.932. The fourth-order valence-electron chi connectivity index (χ4n) is 2.41. The third-order valence-corrected chi connectivity index (χ3v) is 3.73. The van der Waals surface area contributed by atoms with Crippen LogP contribution in [0.3, 0.4) is 0 Å². The van der Waals surface area contributed by atoms with Crippen molar-refractivity contribution in [3.8, 4) is 0 Å². The van der Waals surface area contributed by atoms with Crippen molar-refractivity contribution in [3.05, 3.63) is 28.5 Å². The maximum atomic E-state index is 11.3. The van der Waals surface area contributed by atoms with Gasteiger partial charge in [0, 0.05) is 23.4 Å². The molecule has 1 N–H and O–H groups in total. The largest absolute Gasteiger partial charge is 0.480 e. The van der Waals surface area contributed by atoms with Gasteiger partial charge in [0.05, 0.1) is 0 Å². The molecule has 1 atom stereocenters. The van der Waals surface area contributed by atoms with Gasteiger partial charge in [-0.15, -0.1) is 0 Å². The van der Waals surface area contributed by atoms with Gasteiger partial charge in [0.15, 0.2) is 0 Å². The van der Waals surface area contributed by atoms with E-state index in [0.717, 1.165) is 42.3 Å². The number of likely N-dealkylation sites (tertiary alicyclic amines) is 1. The monoisotopic (exact) mass is 312 g/mol. The molecule has 1 fully saturated rings. The highest BCUT2D eigenvalue weighted by Gasteiger charge is 2.26. The van der Waals surface area contributed by atoms with Crippen LogP contribution in [-0.4, -0.2) is 33.5 Å². The number of nitrogens with zero attached hydrogens (tertiary/aromatic N) is 2. The number of hydrogen-bond donors (Lipinski definition) is 1. The Kier molecular flexibility index (Phi) is 4.72. The Morgan fingerprint density at radius 1 is 1.44 bits per heavy atom. The summed E-state index contributed by atoms with van der Waals surface area (Å²) in [6.07, 6.45) is 7.48. The van der Waals surface area contributed by atoms with Gasteiger partial charge in [0.2, 0.25) is 0 Å². The Hall–Kier alpha value is -0.940. The van der Waals surface area contributed by atoms with E-state index in [1.165, 1.54) is 0 Å². The number of rotatable bonds is 3. The predicted octanol–water partition coefficient (Wildman–Crippen LogP) is 2.67. The van der Waals surface area contributed by atoms with Crippen molar-refractivity contribution >= 4 is 21.9 Å². The van der Waals surface area contributed by atoms with Crippen LogP contribution in [0.1, 0.15) is 31.2 Å². The Morgan fingerprint density at radius 3 is 3.00 bits per heavy atom. The smallest absolute Gasteiger partial charge is 0.320 e. The molecule has 1 aromatic rings. The lowest BCUT2D eigenvalue weighted by Gasteiger charge is -2.26. The van der Waals surface area contributed by atoms with E-state index in [2.05, 4.69) is 25.8 Å². The molecular formula is C13H17BrN2O2. The van der Waals surface area contributed by atoms with E-state index < -0.39 is 5.97 Å². The van der Waals surface area contributed by atoms with E-state index in [4.69, 9.17) is 0 Å². The van der Waals surface area contributed by atoms with Crippen LogP contribution < -0.4 is 0 Å². The summed E-state index contributed by atoms with van der Waals surface area (Å²) in [6.45, 7) is 1.51. The molecule has 4 nitrogen and oxygen atoms in total. The van der Waals surface area contributed by atoms with Gasteiger partial charge in [-0.05, 0) is 46.9 Å². The van der Waals surface area contributed by atoms with Crippen molar-refractivity contribution in [1.82, 2.24) is 9.88 Å². The highest BCUT2D eigenvalue weighted by atomic mass is 79.9. The molecule has 2 rings (SSSR count). The van der Waals surface area contributed by atoms with Crippen LogP contribution in [0.5, 0.6) is 0 Å². The van der Waals surface area contributed by atoms with Crippen LogP contribution in [-0.2, 0) is 11.3 Å². The summed E-state index contributed by atoms with van der Waals surface area (Å²) >= 11 is 3.39. The molecule has 2 heterocycles. The molecule has 1 aliphatic heterocycles. The quantitative estimate of drug-likeness (QED) is 0.932. The Bertz CT molecular complexity index is 425. The number of hydrogen-bond acceptors (Lipinski definition) is 3. The summed E-state index contributed by atoms with van der Waals surface area (Å²) in [7, 11) is 0. The Morgan fingerprint density at radius 2 is 2.28 bits per heavy atom. The molecule has 1 saturated heterocycles. The summed E-state index contributed by atoms with van der Waals surface area (Å²) in [5, 5.41) is 9.30. The van der Waals surface area contributed by atoms with Gasteiger partial charge >= 0.3 is 5.97 Å². The van der Waals surface area contributed by atoms with Gasteiger partial charge in [0.1, 0.15) is 6.04 Å². The van der Waals surface area contributed by atoms with Crippen molar-refractivity contribution in [2.45, 2.75) is 38.3 Å². The Balaban J connectivity index is 2.11. The number of aromatic nitrogens is 1. The second-order valence-electron chi connectivity index (χ2n) is 4.69. The predicted molar refractivity (Wildman–Crippen MR) is 72.2 cm³/mol. The first-order chi connectivity index (χ1) is 8.66. The summed E-state index contributed by atoms with van der Waals surface area (Å²) in [4.78, 5) is 17.5. The average molecular weight is 313 g/mol. The number of carboxylic acids is 1. The molecular weight excluding hydrogens is 296 g/mol. The lowest BCUT2D eigenvalue weighted by Crippen LogP contribution is -2.40. The second-order valence-corrected chi connectivity index (χ2v) is 5.60. The van der Waals surface area contributed by atoms with Crippen LogP contribution in [0.4, 0.5) is 0 Å². The van der Waals surface area contributed by atoms with Crippen LogP contribution in [0, 0.1) is 0 Å². The fraction of sp³-hybridized carbons (Fsp3) is 0.538. The number of aliphatic carboxylic acids is 1. The van der Waals surface area contributed by atoms with Crippen molar-refractivity contribution in [2.75, 3.05) is 6.54 Å². The standard InChI is InChI=1S/C13H17BrN2O2/c14-11-6-10(7-15-8-11)9-16-5-3-1-2-4-12(16)13(17)18/h6-8,12H,1-5,9H2,(H,17,18). The molecule has 0 radical (unpaired) electrons. The molecule has 18 heavy (non-hydrogen) atoms. The molecule has 1 aliphatic rings. The molecule has 0 aromatic carbocycles. The van der Waals surface area contributed by atoms with Crippen LogP contribution in [0.2, 0.25) is 0 Å². The van der Waals surface area contributed by atoms with Gasteiger partial charge in [-0.1, -0.05) is 12.8 Å². The van der Waals surface area contributed by atoms with Crippen molar-refractivity contribution in [3.63, 3.8) is 0 Å². The minimum atomic E-state index is -0.708. The van der Waals surface area contributed by atoms with Crippen molar-refractivity contribution in [2.24, 2.45) is 0 Å². The maximum absolute atomic E-state index is 11.3. The Labute approximate surface area is 115 Å².